The van der Waals surface area contributed by atoms with Crippen LogP contribution < -0.4 is 0 Å². The summed E-state index contributed by atoms with van der Waals surface area (Å²) in [7, 11) is 0. The minimum absolute atomic E-state index is 0.472. The van der Waals surface area contributed by atoms with E-state index in [1.165, 1.54) is 6.20 Å². The molecule has 0 atom stereocenters. The number of hydrogen-bond acceptors (Lipinski definition) is 1. The Morgan fingerprint density at radius 1 is 1.29 bits per heavy atom. The van der Waals surface area contributed by atoms with Crippen molar-refractivity contribution in [2.75, 3.05) is 0 Å². The molecule has 1 heterocycles. The molecule has 0 aliphatic carbocycles. The number of hydrogen-bond donors (Lipinski definition) is 0. The van der Waals surface area contributed by atoms with E-state index in [2.05, 4.69) is 18.3 Å². The molecule has 0 radical (unpaired) electrons. The second kappa shape index (κ2) is 4.37. The van der Waals surface area contributed by atoms with Crippen LogP contribution in [0.5, 0.6) is 0 Å². The van der Waals surface area contributed by atoms with E-state index in [0.717, 1.165) is 11.1 Å². The molecule has 2 rings (SSSR count). The van der Waals surface area contributed by atoms with Gasteiger partial charge in [0.05, 0.1) is 11.4 Å². The zero-order chi connectivity index (χ0) is 12.4. The lowest BCUT2D eigenvalue weighted by atomic mass is 10.0. The van der Waals surface area contributed by atoms with Gasteiger partial charge in [0.15, 0.2) is 0 Å². The van der Waals surface area contributed by atoms with Gasteiger partial charge in [0, 0.05) is 17.3 Å². The van der Waals surface area contributed by atoms with Gasteiger partial charge >= 0.3 is 0 Å². The SMILES string of the molecule is C=NC(=C)c1ccn(F)c1-c1ccccc1C. The zero-order valence-electron chi connectivity index (χ0n) is 9.65. The smallest absolute Gasteiger partial charge is 0.0909 e. The van der Waals surface area contributed by atoms with Crippen molar-refractivity contribution in [3.8, 4) is 11.3 Å². The first-order chi connectivity index (χ1) is 8.15. The number of aryl methyl sites for hydroxylation is 1. The highest BCUT2D eigenvalue weighted by Gasteiger charge is 2.14. The first-order valence-corrected chi connectivity index (χ1v) is 5.24. The predicted molar refractivity (Wildman–Crippen MR) is 69.7 cm³/mol. The molecule has 2 aromatic rings. The Morgan fingerprint density at radius 3 is 2.65 bits per heavy atom. The fourth-order valence-corrected chi connectivity index (χ4v) is 1.83. The molecular formula is C14H13FN2. The maximum absolute atomic E-state index is 13.8. The Bertz CT molecular complexity index is 582. The van der Waals surface area contributed by atoms with Crippen LogP contribution in [0.1, 0.15) is 11.1 Å². The Balaban J connectivity index is 2.67. The highest BCUT2D eigenvalue weighted by molar-refractivity contribution is 5.80. The summed E-state index contributed by atoms with van der Waals surface area (Å²) in [5.41, 5.74) is 3.44. The standard InChI is InChI=1S/C14H13FN2/c1-10-6-4-5-7-12(10)14-13(11(2)16-3)8-9-17(14)15/h4-9H,2-3H2,1H3. The van der Waals surface area contributed by atoms with Crippen molar-refractivity contribution >= 4 is 12.4 Å². The lowest BCUT2D eigenvalue weighted by Gasteiger charge is -2.08. The largest absolute Gasteiger partial charge is 0.265 e. The molecule has 0 N–H and O–H groups in total. The average molecular weight is 228 g/mol. The summed E-state index contributed by atoms with van der Waals surface area (Å²) in [4.78, 5) is 4.35. The Morgan fingerprint density at radius 2 is 2.00 bits per heavy atom. The van der Waals surface area contributed by atoms with Gasteiger partial charge in [-0.25, -0.2) is 0 Å². The molecule has 0 saturated heterocycles. The van der Waals surface area contributed by atoms with Gasteiger partial charge in [0.25, 0.3) is 0 Å². The monoisotopic (exact) mass is 228 g/mol. The molecule has 0 unspecified atom stereocenters. The van der Waals surface area contributed by atoms with Gasteiger partial charge in [-0.2, -0.15) is 4.79 Å². The van der Waals surface area contributed by atoms with Crippen molar-refractivity contribution < 1.29 is 4.48 Å². The van der Waals surface area contributed by atoms with Crippen LogP contribution in [0.25, 0.3) is 17.0 Å². The third-order valence-corrected chi connectivity index (χ3v) is 2.74. The first kappa shape index (κ1) is 11.3. The molecule has 0 aliphatic heterocycles. The second-order valence-corrected chi connectivity index (χ2v) is 3.81. The third kappa shape index (κ3) is 1.91. The molecule has 1 aromatic heterocycles. The van der Waals surface area contributed by atoms with Gasteiger partial charge in [-0.15, -0.1) is 0 Å². The van der Waals surface area contributed by atoms with Crippen molar-refractivity contribution in [3.63, 3.8) is 0 Å². The molecule has 0 bridgehead atoms. The molecule has 1 aromatic carbocycles. The van der Waals surface area contributed by atoms with E-state index in [1.807, 2.05) is 31.2 Å². The molecule has 0 saturated carbocycles. The van der Waals surface area contributed by atoms with Crippen LogP contribution in [-0.2, 0) is 0 Å². The summed E-state index contributed by atoms with van der Waals surface area (Å²) in [6.45, 7) is 9.13. The number of benzene rings is 1. The van der Waals surface area contributed by atoms with Crippen LogP contribution >= 0.6 is 0 Å². The van der Waals surface area contributed by atoms with E-state index in [1.54, 1.807) is 6.07 Å². The van der Waals surface area contributed by atoms with Crippen LogP contribution in [-0.4, -0.2) is 11.5 Å². The molecule has 3 heteroatoms. The summed E-state index contributed by atoms with van der Waals surface area (Å²) < 4.78 is 13.8. The summed E-state index contributed by atoms with van der Waals surface area (Å²) in [6, 6.07) is 9.27. The Kier molecular flexibility index (Phi) is 2.91. The number of halogens is 1. The minimum Gasteiger partial charge on any atom is -0.265 e. The van der Waals surface area contributed by atoms with Gasteiger partial charge in [-0.05, 0) is 25.3 Å². The summed E-state index contributed by atoms with van der Waals surface area (Å²) in [6.07, 6.45) is 1.35. The maximum Gasteiger partial charge on any atom is 0.0909 e. The second-order valence-electron chi connectivity index (χ2n) is 3.81. The topological polar surface area (TPSA) is 17.3 Å². The first-order valence-electron chi connectivity index (χ1n) is 5.24. The van der Waals surface area contributed by atoms with E-state index in [9.17, 15) is 4.48 Å². The molecule has 0 aliphatic rings. The van der Waals surface area contributed by atoms with E-state index in [0.29, 0.717) is 21.7 Å². The summed E-state index contributed by atoms with van der Waals surface area (Å²) in [5.74, 6) is 0. The molecule has 86 valence electrons. The Hall–Kier alpha value is -2.16. The normalized spacial score (nSPS) is 10.2. The van der Waals surface area contributed by atoms with Crippen LogP contribution in [0.4, 0.5) is 4.48 Å². The maximum atomic E-state index is 13.8. The highest BCUT2D eigenvalue weighted by Crippen LogP contribution is 2.31. The molecule has 0 spiro atoms. The van der Waals surface area contributed by atoms with Crippen LogP contribution in [0.2, 0.25) is 0 Å². The van der Waals surface area contributed by atoms with Gasteiger partial charge in [0.2, 0.25) is 0 Å². The van der Waals surface area contributed by atoms with Gasteiger partial charge in [-0.3, -0.25) is 4.99 Å². The summed E-state index contributed by atoms with van der Waals surface area (Å²) in [5, 5.41) is 0. The quantitative estimate of drug-likeness (QED) is 0.710. The van der Waals surface area contributed by atoms with Crippen molar-refractivity contribution in [2.45, 2.75) is 6.92 Å². The molecular weight excluding hydrogens is 215 g/mol. The number of rotatable bonds is 3. The number of aliphatic imine (C=N–C) groups is 1. The van der Waals surface area contributed by atoms with Crippen LogP contribution in [0.3, 0.4) is 0 Å². The molecule has 2 nitrogen and oxygen atoms in total. The highest BCUT2D eigenvalue weighted by atomic mass is 19.2. The van der Waals surface area contributed by atoms with Crippen LogP contribution in [0, 0.1) is 6.92 Å². The van der Waals surface area contributed by atoms with E-state index in [4.69, 9.17) is 0 Å². The number of nitrogens with zero attached hydrogens (tertiary/aromatic N) is 2. The number of aromatic nitrogens is 1. The van der Waals surface area contributed by atoms with E-state index < -0.39 is 0 Å². The van der Waals surface area contributed by atoms with Crippen molar-refractivity contribution in [3.05, 3.63) is 54.2 Å². The van der Waals surface area contributed by atoms with Crippen molar-refractivity contribution in [2.24, 2.45) is 4.99 Å². The molecule has 17 heavy (non-hydrogen) atoms. The fourth-order valence-electron chi connectivity index (χ4n) is 1.83. The van der Waals surface area contributed by atoms with E-state index in [-0.39, 0.29) is 0 Å². The van der Waals surface area contributed by atoms with Crippen LogP contribution in [0.15, 0.2) is 48.1 Å². The van der Waals surface area contributed by atoms with Crippen molar-refractivity contribution in [1.29, 1.82) is 0 Å². The minimum atomic E-state index is 0.472. The fraction of sp³-hybridized carbons (Fsp3) is 0.0714. The lowest BCUT2D eigenvalue weighted by molar-refractivity contribution is 0.377. The summed E-state index contributed by atoms with van der Waals surface area (Å²) >= 11 is 0. The zero-order valence-corrected chi connectivity index (χ0v) is 9.65. The predicted octanol–water partition coefficient (Wildman–Crippen LogP) is 3.87. The average Bonchev–Trinajstić information content (AvgIpc) is 2.71. The van der Waals surface area contributed by atoms with Crippen molar-refractivity contribution in [1.82, 2.24) is 4.79 Å². The van der Waals surface area contributed by atoms with E-state index >= 15 is 0 Å². The molecule has 0 fully saturated rings. The molecule has 0 amide bonds. The van der Waals surface area contributed by atoms with Gasteiger partial charge < -0.3 is 0 Å². The Labute approximate surface area is 99.7 Å². The third-order valence-electron chi connectivity index (χ3n) is 2.74. The van der Waals surface area contributed by atoms with Gasteiger partial charge in [0.1, 0.15) is 0 Å². The lowest BCUT2D eigenvalue weighted by Crippen LogP contribution is -1.91. The van der Waals surface area contributed by atoms with Gasteiger partial charge in [-0.1, -0.05) is 35.3 Å².